The van der Waals surface area contributed by atoms with Gasteiger partial charge in [-0.25, -0.2) is 4.79 Å². The highest BCUT2D eigenvalue weighted by Crippen LogP contribution is 2.24. The Kier molecular flexibility index (Phi) is 13.4. The lowest BCUT2D eigenvalue weighted by Crippen LogP contribution is -2.24. The summed E-state index contributed by atoms with van der Waals surface area (Å²) in [7, 11) is -0.0129. The van der Waals surface area contributed by atoms with E-state index in [1.54, 1.807) is 30.3 Å². The molecule has 0 heterocycles. The summed E-state index contributed by atoms with van der Waals surface area (Å²) in [5.41, 5.74) is 0.0671. The molecule has 0 amide bonds. The number of hydrogen-bond donors (Lipinski definition) is 3. The fourth-order valence-corrected chi connectivity index (χ4v) is 2.45. The minimum atomic E-state index is -0.879. The highest BCUT2D eigenvalue weighted by molar-refractivity contribution is 7.27. The second-order valence-electron chi connectivity index (χ2n) is 7.07. The van der Waals surface area contributed by atoms with Gasteiger partial charge in [0.1, 0.15) is 11.5 Å². The molecule has 0 bridgehead atoms. The molecule has 0 atom stereocenters. The van der Waals surface area contributed by atoms with Crippen molar-refractivity contribution in [1.29, 1.82) is 0 Å². The topological polar surface area (TPSA) is 96.2 Å². The first-order chi connectivity index (χ1) is 15.4. The highest BCUT2D eigenvalue weighted by atomic mass is 31.1. The average Bonchev–Trinajstić information content (AvgIpc) is 2.86. The van der Waals surface area contributed by atoms with Crippen LogP contribution in [0.5, 0.6) is 11.5 Å². The Morgan fingerprint density at radius 1 is 0.781 bits per heavy atom. The smallest absolute Gasteiger partial charge is 0.335 e. The van der Waals surface area contributed by atoms with E-state index >= 15 is 0 Å². The van der Waals surface area contributed by atoms with Gasteiger partial charge in [0.05, 0.1) is 18.8 Å². The van der Waals surface area contributed by atoms with Crippen LogP contribution in [-0.2, 0) is 0 Å². The molecule has 3 aromatic carbocycles. The highest BCUT2D eigenvalue weighted by Gasteiger charge is 2.18. The molecule has 6 nitrogen and oxygen atoms in total. The predicted molar refractivity (Wildman–Crippen MR) is 128 cm³/mol. The lowest BCUT2D eigenvalue weighted by atomic mass is 9.90. The predicted octanol–water partition coefficient (Wildman–Crippen LogP) is 5.43. The summed E-state index contributed by atoms with van der Waals surface area (Å²) < 4.78 is 10.8. The molecule has 7 heteroatoms. The Bertz CT molecular complexity index is 808. The van der Waals surface area contributed by atoms with Gasteiger partial charge < -0.3 is 24.4 Å². The van der Waals surface area contributed by atoms with Crippen molar-refractivity contribution in [2.75, 3.05) is 13.2 Å². The number of aliphatic hydroxyl groups is 2. The summed E-state index contributed by atoms with van der Waals surface area (Å²) in [6, 6.07) is 27.5. The van der Waals surface area contributed by atoms with Crippen LogP contribution in [0.2, 0.25) is 0 Å². The molecule has 0 aliphatic rings. The molecule has 0 aliphatic heterocycles. The van der Waals surface area contributed by atoms with E-state index in [0.717, 1.165) is 17.9 Å². The molecule has 32 heavy (non-hydrogen) atoms. The van der Waals surface area contributed by atoms with E-state index in [2.05, 4.69) is 0 Å². The van der Waals surface area contributed by atoms with E-state index < -0.39 is 5.97 Å². The number of aliphatic hydroxyl groups excluding tert-OH is 2. The van der Waals surface area contributed by atoms with Gasteiger partial charge in [-0.15, -0.1) is 0 Å². The van der Waals surface area contributed by atoms with E-state index in [4.69, 9.17) is 24.4 Å². The maximum absolute atomic E-state index is 10.2. The minimum absolute atomic E-state index is 0.0129. The molecule has 0 radical (unpaired) electrons. The fourth-order valence-electron chi connectivity index (χ4n) is 1.95. The van der Waals surface area contributed by atoms with Gasteiger partial charge in [0.25, 0.3) is 9.03 Å². The van der Waals surface area contributed by atoms with E-state index in [9.17, 15) is 4.79 Å². The zero-order valence-corrected chi connectivity index (χ0v) is 19.3. The summed E-state index contributed by atoms with van der Waals surface area (Å²) in [5.74, 6) is 0.772. The number of rotatable bonds is 8. The van der Waals surface area contributed by atoms with Gasteiger partial charge in [0, 0.05) is 5.41 Å². The monoisotopic (exact) mass is 458 g/mol. The second-order valence-corrected chi connectivity index (χ2v) is 7.64. The van der Waals surface area contributed by atoms with Gasteiger partial charge in [-0.1, -0.05) is 68.4 Å². The van der Waals surface area contributed by atoms with Crippen LogP contribution in [0, 0.1) is 5.41 Å². The SMILES string of the molecule is CCC(C)(CO)CO.O=C(O)c1ccccc1.c1ccc(OPOc2ccccc2)cc1. The molecule has 0 saturated heterocycles. The molecular weight excluding hydrogens is 427 g/mol. The zero-order chi connectivity index (χ0) is 23.7. The van der Waals surface area contributed by atoms with Crippen LogP contribution in [0.4, 0.5) is 0 Å². The van der Waals surface area contributed by atoms with Gasteiger partial charge in [0.2, 0.25) is 0 Å². The van der Waals surface area contributed by atoms with Crippen LogP contribution < -0.4 is 9.05 Å². The maximum atomic E-state index is 10.2. The second kappa shape index (κ2) is 15.8. The van der Waals surface area contributed by atoms with Gasteiger partial charge >= 0.3 is 5.97 Å². The molecule has 3 N–H and O–H groups in total. The van der Waals surface area contributed by atoms with Crippen molar-refractivity contribution >= 4 is 15.0 Å². The van der Waals surface area contributed by atoms with Crippen molar-refractivity contribution in [3.8, 4) is 11.5 Å². The first kappa shape index (κ1) is 27.1. The molecule has 0 aliphatic carbocycles. The number of hydrogen-bond acceptors (Lipinski definition) is 5. The third-order valence-electron chi connectivity index (χ3n) is 4.44. The zero-order valence-electron chi connectivity index (χ0n) is 18.3. The molecule has 0 unspecified atom stereocenters. The van der Waals surface area contributed by atoms with Crippen molar-refractivity contribution in [3.63, 3.8) is 0 Å². The maximum Gasteiger partial charge on any atom is 0.335 e. The van der Waals surface area contributed by atoms with Gasteiger partial charge in [-0.05, 0) is 42.8 Å². The summed E-state index contributed by atoms with van der Waals surface area (Å²) >= 11 is 0. The number of carboxylic acid groups (broad SMARTS) is 1. The summed E-state index contributed by atoms with van der Waals surface area (Å²) in [4.78, 5) is 10.2. The Hall–Kier alpha value is -2.92. The molecule has 172 valence electrons. The van der Waals surface area contributed by atoms with Crippen LogP contribution in [0.1, 0.15) is 30.6 Å². The van der Waals surface area contributed by atoms with Crippen LogP contribution in [0.25, 0.3) is 0 Å². The Balaban J connectivity index is 0.000000260. The summed E-state index contributed by atoms with van der Waals surface area (Å²) in [6.45, 7) is 3.94. The van der Waals surface area contributed by atoms with E-state index in [1.807, 2.05) is 74.5 Å². The minimum Gasteiger partial charge on any atom is -0.478 e. The first-order valence-electron chi connectivity index (χ1n) is 10.1. The standard InChI is InChI=1S/C12H11O2P.C7H6O2.C6H14O2/c1-3-7-11(8-4-1)13-15-14-12-9-5-2-6-10-12;8-7(9)6-4-2-1-3-5-6;1-3-6(2,4-7)5-8/h1-10,15H;1-5H,(H,8,9);7-8H,3-5H2,1-2H3. The molecule has 0 fully saturated rings. The van der Waals surface area contributed by atoms with Crippen molar-refractivity contribution in [3.05, 3.63) is 96.6 Å². The van der Waals surface area contributed by atoms with Gasteiger partial charge in [-0.2, -0.15) is 0 Å². The lowest BCUT2D eigenvalue weighted by Gasteiger charge is -2.21. The largest absolute Gasteiger partial charge is 0.478 e. The molecule has 0 spiro atoms. The molecule has 0 saturated carbocycles. The van der Waals surface area contributed by atoms with Crippen LogP contribution in [0.3, 0.4) is 0 Å². The summed E-state index contributed by atoms with van der Waals surface area (Å²) in [5, 5.41) is 25.6. The Morgan fingerprint density at radius 3 is 1.41 bits per heavy atom. The van der Waals surface area contributed by atoms with Crippen LogP contribution >= 0.6 is 9.03 Å². The van der Waals surface area contributed by atoms with Crippen molar-refractivity contribution in [1.82, 2.24) is 0 Å². The molecule has 3 aromatic rings. The molecule has 3 rings (SSSR count). The van der Waals surface area contributed by atoms with Crippen LogP contribution in [0.15, 0.2) is 91.0 Å². The Morgan fingerprint density at radius 2 is 1.16 bits per heavy atom. The number of carbonyl (C=O) groups is 1. The van der Waals surface area contributed by atoms with Gasteiger partial charge in [0.15, 0.2) is 0 Å². The van der Waals surface area contributed by atoms with Crippen LogP contribution in [-0.4, -0.2) is 34.5 Å². The number of benzene rings is 3. The number of para-hydroxylation sites is 2. The van der Waals surface area contributed by atoms with Crippen molar-refractivity contribution in [2.45, 2.75) is 20.3 Å². The Labute approximate surface area is 191 Å². The quantitative estimate of drug-likeness (QED) is 0.390. The van der Waals surface area contributed by atoms with Gasteiger partial charge in [-0.3, -0.25) is 0 Å². The van der Waals surface area contributed by atoms with Crippen molar-refractivity contribution < 1.29 is 29.2 Å². The third kappa shape index (κ3) is 11.5. The third-order valence-corrected chi connectivity index (χ3v) is 5.08. The van der Waals surface area contributed by atoms with E-state index in [1.165, 1.54) is 0 Å². The van der Waals surface area contributed by atoms with E-state index in [0.29, 0.717) is 5.56 Å². The van der Waals surface area contributed by atoms with Crippen molar-refractivity contribution in [2.24, 2.45) is 5.41 Å². The average molecular weight is 458 g/mol. The number of aromatic carboxylic acids is 1. The first-order valence-corrected chi connectivity index (χ1v) is 10.9. The van der Waals surface area contributed by atoms with E-state index in [-0.39, 0.29) is 27.7 Å². The molecular formula is C25H31O6P. The fraction of sp³-hybridized carbons (Fsp3) is 0.240. The normalized spacial score (nSPS) is 10.0. The lowest BCUT2D eigenvalue weighted by molar-refractivity contribution is 0.0670. The number of carboxylic acids is 1. The molecule has 0 aromatic heterocycles. The summed E-state index contributed by atoms with van der Waals surface area (Å²) in [6.07, 6.45) is 0.819.